The van der Waals surface area contributed by atoms with Gasteiger partial charge in [0, 0.05) is 30.5 Å². The molecule has 4 aromatic carbocycles. The minimum Gasteiger partial charge on any atom is -0.448 e. The Morgan fingerprint density at radius 2 is 1.37 bits per heavy atom. The van der Waals surface area contributed by atoms with Crippen molar-refractivity contribution in [3.8, 4) is 5.69 Å². The van der Waals surface area contributed by atoms with Crippen LogP contribution in [0.4, 0.5) is 10.5 Å². The van der Waals surface area contributed by atoms with Crippen LogP contribution in [0.3, 0.4) is 0 Å². The Bertz CT molecular complexity index is 1650. The highest BCUT2D eigenvalue weighted by Gasteiger charge is 2.18. The molecule has 0 fully saturated rings. The van der Waals surface area contributed by atoms with Crippen molar-refractivity contribution in [1.29, 1.82) is 0 Å². The van der Waals surface area contributed by atoms with Crippen LogP contribution < -0.4 is 11.0 Å². The van der Waals surface area contributed by atoms with Crippen LogP contribution in [0.25, 0.3) is 22.4 Å². The SMILES string of the molecule is C=C(C)n1c(=O)n(-c2ccc(NC(=O)OC[C@H](C)N(Cc3ccccc3)Cc3ccccc3)cc2)c2ccccc21. The molecule has 7 nitrogen and oxygen atoms in total. The standard InChI is InChI=1S/C34H34N4O3/c1-25(2)37-31-16-10-11-17-32(31)38(34(37)40)30-20-18-29(19-21-30)35-33(39)41-24-26(3)36(22-27-12-6-4-7-13-27)23-28-14-8-5-9-15-28/h4-21,26H,1,22-24H2,2-3H3,(H,35,39)/t26-/m0/s1. The molecule has 0 saturated heterocycles. The van der Waals surface area contributed by atoms with Gasteiger partial charge in [0.15, 0.2) is 0 Å². The van der Waals surface area contributed by atoms with Gasteiger partial charge in [-0.05, 0) is 61.4 Å². The van der Waals surface area contributed by atoms with E-state index >= 15 is 0 Å². The minimum absolute atomic E-state index is 0.0129. The number of allylic oxidation sites excluding steroid dienone is 1. The smallest absolute Gasteiger partial charge is 0.411 e. The number of fused-ring (bicyclic) bond motifs is 1. The highest BCUT2D eigenvalue weighted by Crippen LogP contribution is 2.21. The molecular weight excluding hydrogens is 512 g/mol. The van der Waals surface area contributed by atoms with E-state index in [1.54, 1.807) is 40.3 Å². The first-order chi connectivity index (χ1) is 19.9. The van der Waals surface area contributed by atoms with Crippen molar-refractivity contribution in [1.82, 2.24) is 14.0 Å². The third-order valence-electron chi connectivity index (χ3n) is 7.04. The van der Waals surface area contributed by atoms with E-state index in [4.69, 9.17) is 4.74 Å². The van der Waals surface area contributed by atoms with E-state index in [-0.39, 0.29) is 18.3 Å². The van der Waals surface area contributed by atoms with E-state index in [1.807, 2.05) is 60.7 Å². The van der Waals surface area contributed by atoms with Gasteiger partial charge in [0.05, 0.1) is 16.7 Å². The van der Waals surface area contributed by atoms with Crippen LogP contribution in [0.15, 0.2) is 121 Å². The topological polar surface area (TPSA) is 68.5 Å². The molecule has 1 aromatic heterocycles. The van der Waals surface area contributed by atoms with E-state index in [2.05, 4.69) is 48.0 Å². The summed E-state index contributed by atoms with van der Waals surface area (Å²) in [6, 6.07) is 35.3. The molecule has 1 heterocycles. The molecule has 1 amide bonds. The molecule has 5 aromatic rings. The average molecular weight is 547 g/mol. The van der Waals surface area contributed by atoms with Gasteiger partial charge in [-0.2, -0.15) is 0 Å². The number of aromatic nitrogens is 2. The van der Waals surface area contributed by atoms with Crippen LogP contribution in [0.2, 0.25) is 0 Å². The molecule has 41 heavy (non-hydrogen) atoms. The number of benzene rings is 4. The van der Waals surface area contributed by atoms with Gasteiger partial charge < -0.3 is 4.74 Å². The predicted octanol–water partition coefficient (Wildman–Crippen LogP) is 6.92. The third kappa shape index (κ3) is 6.48. The van der Waals surface area contributed by atoms with Crippen molar-refractivity contribution < 1.29 is 9.53 Å². The summed E-state index contributed by atoms with van der Waals surface area (Å²) in [7, 11) is 0. The number of anilines is 1. The van der Waals surface area contributed by atoms with E-state index in [9.17, 15) is 9.59 Å². The number of imidazole rings is 1. The second-order valence-electron chi connectivity index (χ2n) is 10.2. The van der Waals surface area contributed by atoms with Crippen molar-refractivity contribution in [2.24, 2.45) is 0 Å². The van der Waals surface area contributed by atoms with E-state index in [1.165, 1.54) is 11.1 Å². The van der Waals surface area contributed by atoms with E-state index < -0.39 is 6.09 Å². The first-order valence-corrected chi connectivity index (χ1v) is 13.6. The second-order valence-corrected chi connectivity index (χ2v) is 10.2. The number of carbonyl (C=O) groups excluding carboxylic acids is 1. The number of nitrogens with zero attached hydrogens (tertiary/aromatic N) is 3. The van der Waals surface area contributed by atoms with Gasteiger partial charge in [0.2, 0.25) is 0 Å². The van der Waals surface area contributed by atoms with Crippen LogP contribution in [0, 0.1) is 0 Å². The highest BCUT2D eigenvalue weighted by molar-refractivity contribution is 5.85. The molecule has 7 heteroatoms. The number of ether oxygens (including phenoxy) is 1. The molecule has 1 atom stereocenters. The van der Waals surface area contributed by atoms with E-state index in [0.29, 0.717) is 17.1 Å². The van der Waals surface area contributed by atoms with Gasteiger partial charge in [0.25, 0.3) is 0 Å². The van der Waals surface area contributed by atoms with Crippen molar-refractivity contribution in [3.63, 3.8) is 0 Å². The number of hydrogen-bond donors (Lipinski definition) is 1. The summed E-state index contributed by atoms with van der Waals surface area (Å²) in [6.45, 7) is 9.54. The lowest BCUT2D eigenvalue weighted by Crippen LogP contribution is -2.36. The van der Waals surface area contributed by atoms with Gasteiger partial charge >= 0.3 is 11.8 Å². The summed E-state index contributed by atoms with van der Waals surface area (Å²) in [4.78, 5) is 28.2. The fourth-order valence-corrected chi connectivity index (χ4v) is 4.92. The summed E-state index contributed by atoms with van der Waals surface area (Å²) in [5.74, 6) is 0. The quantitative estimate of drug-likeness (QED) is 0.206. The molecule has 5 rings (SSSR count). The zero-order valence-electron chi connectivity index (χ0n) is 23.4. The van der Waals surface area contributed by atoms with Crippen molar-refractivity contribution in [2.45, 2.75) is 33.0 Å². The molecule has 0 unspecified atom stereocenters. The van der Waals surface area contributed by atoms with Gasteiger partial charge in [0.1, 0.15) is 6.61 Å². The van der Waals surface area contributed by atoms with Crippen molar-refractivity contribution >= 4 is 28.5 Å². The Hall–Kier alpha value is -4.88. The number of nitrogens with one attached hydrogen (secondary N) is 1. The molecule has 1 N–H and O–H groups in total. The molecule has 0 aliphatic rings. The predicted molar refractivity (Wildman–Crippen MR) is 165 cm³/mol. The van der Waals surface area contributed by atoms with Crippen LogP contribution in [-0.4, -0.2) is 32.8 Å². The lowest BCUT2D eigenvalue weighted by Gasteiger charge is -2.29. The summed E-state index contributed by atoms with van der Waals surface area (Å²) in [5, 5.41) is 2.80. The molecule has 0 aliphatic carbocycles. The second kappa shape index (κ2) is 12.5. The van der Waals surface area contributed by atoms with Crippen molar-refractivity contribution in [2.75, 3.05) is 11.9 Å². The summed E-state index contributed by atoms with van der Waals surface area (Å²) in [6.07, 6.45) is -0.528. The normalized spacial score (nSPS) is 11.9. The fourth-order valence-electron chi connectivity index (χ4n) is 4.92. The monoisotopic (exact) mass is 546 g/mol. The molecule has 0 saturated carbocycles. The maximum absolute atomic E-state index is 13.2. The van der Waals surface area contributed by atoms with Crippen LogP contribution >= 0.6 is 0 Å². The zero-order chi connectivity index (χ0) is 28.8. The molecule has 0 aliphatic heterocycles. The molecule has 208 valence electrons. The highest BCUT2D eigenvalue weighted by atomic mass is 16.5. The Labute approximate surface area is 239 Å². The first-order valence-electron chi connectivity index (χ1n) is 13.6. The number of carbonyl (C=O) groups is 1. The number of hydrogen-bond acceptors (Lipinski definition) is 4. The lowest BCUT2D eigenvalue weighted by atomic mass is 10.1. The van der Waals surface area contributed by atoms with Crippen LogP contribution in [-0.2, 0) is 17.8 Å². The van der Waals surface area contributed by atoms with Gasteiger partial charge in [-0.15, -0.1) is 0 Å². The lowest BCUT2D eigenvalue weighted by molar-refractivity contribution is 0.0966. The first kappa shape index (κ1) is 27.7. The Morgan fingerprint density at radius 3 is 1.93 bits per heavy atom. The number of para-hydroxylation sites is 2. The molecule has 0 bridgehead atoms. The Kier molecular flexibility index (Phi) is 8.46. The van der Waals surface area contributed by atoms with Crippen molar-refractivity contribution in [3.05, 3.63) is 137 Å². The Morgan fingerprint density at radius 1 is 0.829 bits per heavy atom. The third-order valence-corrected chi connectivity index (χ3v) is 7.04. The average Bonchev–Trinajstić information content (AvgIpc) is 3.29. The van der Waals surface area contributed by atoms with Gasteiger partial charge in [-0.25, -0.2) is 9.59 Å². The molecule has 0 radical (unpaired) electrons. The number of rotatable bonds is 10. The summed E-state index contributed by atoms with van der Waals surface area (Å²) >= 11 is 0. The largest absolute Gasteiger partial charge is 0.448 e. The maximum Gasteiger partial charge on any atom is 0.411 e. The summed E-state index contributed by atoms with van der Waals surface area (Å²) in [5.41, 5.74) is 5.69. The van der Waals surface area contributed by atoms with Crippen LogP contribution in [0.1, 0.15) is 25.0 Å². The maximum atomic E-state index is 13.2. The van der Waals surface area contributed by atoms with Crippen LogP contribution in [0.5, 0.6) is 0 Å². The van der Waals surface area contributed by atoms with E-state index in [0.717, 1.165) is 24.1 Å². The van der Waals surface area contributed by atoms with Gasteiger partial charge in [-0.3, -0.25) is 19.4 Å². The van der Waals surface area contributed by atoms with Gasteiger partial charge in [-0.1, -0.05) is 79.4 Å². The fraction of sp³-hybridized carbons (Fsp3) is 0.176. The molecule has 0 spiro atoms. The zero-order valence-corrected chi connectivity index (χ0v) is 23.4. The molecular formula is C34H34N4O3. The summed E-state index contributed by atoms with van der Waals surface area (Å²) < 4.78 is 8.86. The number of amides is 1. The Balaban J connectivity index is 1.24. The minimum atomic E-state index is -0.528.